The quantitative estimate of drug-likeness (QED) is 0.728. The molecule has 0 radical (unpaired) electrons. The topological polar surface area (TPSA) is 26.0 Å². The molecule has 2 aromatic rings. The average molecular weight is 220 g/mol. The lowest BCUT2D eigenvalue weighted by atomic mass is 9.99. The molecule has 0 spiro atoms. The van der Waals surface area contributed by atoms with Crippen LogP contribution < -0.4 is 5.73 Å². The second-order valence-corrected chi connectivity index (χ2v) is 3.40. The van der Waals surface area contributed by atoms with E-state index in [0.29, 0.717) is 0 Å². The number of para-hydroxylation sites is 1. The van der Waals surface area contributed by atoms with Gasteiger partial charge >= 0.3 is 0 Å². The molecule has 2 aromatic carbocycles. The SMILES string of the molecule is Cc1ccccc1-c1ccccc1N.Cl. The molecule has 0 aliphatic carbocycles. The number of nitrogen functional groups attached to an aromatic ring is 1. The van der Waals surface area contributed by atoms with Crippen LogP contribution in [0.3, 0.4) is 0 Å². The maximum atomic E-state index is 5.92. The average Bonchev–Trinajstić information content (AvgIpc) is 2.20. The van der Waals surface area contributed by atoms with Crippen LogP contribution >= 0.6 is 12.4 Å². The number of hydrogen-bond donors (Lipinski definition) is 1. The Balaban J connectivity index is 0.00000112. The Hall–Kier alpha value is -1.47. The van der Waals surface area contributed by atoms with Crippen LogP contribution in [0.15, 0.2) is 48.5 Å². The minimum absolute atomic E-state index is 0. The summed E-state index contributed by atoms with van der Waals surface area (Å²) >= 11 is 0. The highest BCUT2D eigenvalue weighted by Crippen LogP contribution is 2.27. The maximum absolute atomic E-state index is 5.92. The van der Waals surface area contributed by atoms with Gasteiger partial charge in [0.1, 0.15) is 0 Å². The second-order valence-electron chi connectivity index (χ2n) is 3.40. The zero-order valence-electron chi connectivity index (χ0n) is 8.60. The Morgan fingerprint density at radius 3 is 1.93 bits per heavy atom. The van der Waals surface area contributed by atoms with Crippen LogP contribution in [0, 0.1) is 6.92 Å². The first-order chi connectivity index (χ1) is 6.79. The molecule has 78 valence electrons. The zero-order valence-corrected chi connectivity index (χ0v) is 9.42. The number of aryl methyl sites for hydroxylation is 1. The van der Waals surface area contributed by atoms with Gasteiger partial charge in [0.15, 0.2) is 0 Å². The molecular formula is C13H14ClN. The predicted molar refractivity (Wildman–Crippen MR) is 68.3 cm³/mol. The standard InChI is InChI=1S/C13H13N.ClH/c1-10-6-2-3-7-11(10)12-8-4-5-9-13(12)14;/h2-9H,14H2,1H3;1H. The van der Waals surface area contributed by atoms with Crippen molar-refractivity contribution in [2.45, 2.75) is 6.92 Å². The first-order valence-electron chi connectivity index (χ1n) is 4.69. The van der Waals surface area contributed by atoms with Gasteiger partial charge in [-0.3, -0.25) is 0 Å². The monoisotopic (exact) mass is 219 g/mol. The van der Waals surface area contributed by atoms with Crippen molar-refractivity contribution < 1.29 is 0 Å². The van der Waals surface area contributed by atoms with E-state index >= 15 is 0 Å². The van der Waals surface area contributed by atoms with Crippen LogP contribution in [0.5, 0.6) is 0 Å². The van der Waals surface area contributed by atoms with Gasteiger partial charge in [0.05, 0.1) is 0 Å². The Labute approximate surface area is 96.3 Å². The van der Waals surface area contributed by atoms with Gasteiger partial charge in [-0.1, -0.05) is 42.5 Å². The van der Waals surface area contributed by atoms with E-state index < -0.39 is 0 Å². The minimum atomic E-state index is 0. The summed E-state index contributed by atoms with van der Waals surface area (Å²) in [5, 5.41) is 0. The largest absolute Gasteiger partial charge is 0.398 e. The normalized spacial score (nSPS) is 9.40. The molecule has 0 saturated carbocycles. The first-order valence-corrected chi connectivity index (χ1v) is 4.69. The third kappa shape index (κ3) is 2.31. The van der Waals surface area contributed by atoms with Crippen molar-refractivity contribution in [1.82, 2.24) is 0 Å². The summed E-state index contributed by atoms with van der Waals surface area (Å²) in [5.41, 5.74) is 10.3. The van der Waals surface area contributed by atoms with E-state index in [2.05, 4.69) is 25.1 Å². The highest BCUT2D eigenvalue weighted by molar-refractivity contribution is 5.85. The van der Waals surface area contributed by atoms with E-state index in [1.165, 1.54) is 11.1 Å². The molecule has 15 heavy (non-hydrogen) atoms. The Morgan fingerprint density at radius 2 is 1.33 bits per heavy atom. The second kappa shape index (κ2) is 4.85. The van der Waals surface area contributed by atoms with Crippen LogP contribution in [-0.4, -0.2) is 0 Å². The third-order valence-electron chi connectivity index (χ3n) is 2.40. The fourth-order valence-corrected chi connectivity index (χ4v) is 1.62. The first kappa shape index (κ1) is 11.6. The molecule has 2 heteroatoms. The van der Waals surface area contributed by atoms with Gasteiger partial charge in [-0.15, -0.1) is 12.4 Å². The summed E-state index contributed by atoms with van der Waals surface area (Å²) in [6.07, 6.45) is 0. The number of hydrogen-bond acceptors (Lipinski definition) is 1. The Kier molecular flexibility index (Phi) is 3.75. The highest BCUT2D eigenvalue weighted by atomic mass is 35.5. The molecule has 1 nitrogen and oxygen atoms in total. The van der Waals surface area contributed by atoms with Crippen molar-refractivity contribution in [2.75, 3.05) is 5.73 Å². The molecule has 0 heterocycles. The summed E-state index contributed by atoms with van der Waals surface area (Å²) < 4.78 is 0. The van der Waals surface area contributed by atoms with Gasteiger partial charge in [-0.2, -0.15) is 0 Å². The molecular weight excluding hydrogens is 206 g/mol. The highest BCUT2D eigenvalue weighted by Gasteiger charge is 2.02. The number of halogens is 1. The van der Waals surface area contributed by atoms with E-state index in [-0.39, 0.29) is 12.4 Å². The summed E-state index contributed by atoms with van der Waals surface area (Å²) in [7, 11) is 0. The summed E-state index contributed by atoms with van der Waals surface area (Å²) in [6.45, 7) is 2.10. The minimum Gasteiger partial charge on any atom is -0.398 e. The summed E-state index contributed by atoms with van der Waals surface area (Å²) in [4.78, 5) is 0. The molecule has 2 rings (SSSR count). The Morgan fingerprint density at radius 1 is 0.800 bits per heavy atom. The van der Waals surface area contributed by atoms with Crippen molar-refractivity contribution >= 4 is 18.1 Å². The molecule has 0 aliphatic heterocycles. The third-order valence-corrected chi connectivity index (χ3v) is 2.40. The fraction of sp³-hybridized carbons (Fsp3) is 0.0769. The predicted octanol–water partition coefficient (Wildman–Crippen LogP) is 3.67. The van der Waals surface area contributed by atoms with Gasteiger partial charge in [0.25, 0.3) is 0 Å². The number of benzene rings is 2. The summed E-state index contributed by atoms with van der Waals surface area (Å²) in [5.74, 6) is 0. The lowest BCUT2D eigenvalue weighted by molar-refractivity contribution is 1.46. The van der Waals surface area contributed by atoms with Gasteiger partial charge in [0, 0.05) is 11.3 Å². The van der Waals surface area contributed by atoms with Crippen molar-refractivity contribution in [3.8, 4) is 11.1 Å². The van der Waals surface area contributed by atoms with Crippen LogP contribution in [0.4, 0.5) is 5.69 Å². The van der Waals surface area contributed by atoms with Gasteiger partial charge in [-0.05, 0) is 24.1 Å². The number of rotatable bonds is 1. The van der Waals surface area contributed by atoms with E-state index in [9.17, 15) is 0 Å². The fourth-order valence-electron chi connectivity index (χ4n) is 1.62. The van der Waals surface area contributed by atoms with Crippen LogP contribution in [-0.2, 0) is 0 Å². The molecule has 0 aromatic heterocycles. The van der Waals surface area contributed by atoms with Gasteiger partial charge in [0.2, 0.25) is 0 Å². The molecule has 2 N–H and O–H groups in total. The molecule has 0 amide bonds. The maximum Gasteiger partial charge on any atom is 0.0393 e. The molecule has 0 saturated heterocycles. The van der Waals surface area contributed by atoms with Gasteiger partial charge in [-0.25, -0.2) is 0 Å². The van der Waals surface area contributed by atoms with Crippen molar-refractivity contribution in [2.24, 2.45) is 0 Å². The Bertz CT molecular complexity index is 408. The van der Waals surface area contributed by atoms with Crippen molar-refractivity contribution in [3.63, 3.8) is 0 Å². The van der Waals surface area contributed by atoms with Gasteiger partial charge < -0.3 is 5.73 Å². The molecule has 0 aliphatic rings. The number of nitrogens with two attached hydrogens (primary N) is 1. The van der Waals surface area contributed by atoms with E-state index in [0.717, 1.165) is 11.3 Å². The lowest BCUT2D eigenvalue weighted by Gasteiger charge is -2.07. The van der Waals surface area contributed by atoms with Crippen LogP contribution in [0.1, 0.15) is 5.56 Å². The van der Waals surface area contributed by atoms with Crippen LogP contribution in [0.25, 0.3) is 11.1 Å². The molecule has 0 bridgehead atoms. The molecule has 0 atom stereocenters. The number of anilines is 1. The van der Waals surface area contributed by atoms with E-state index in [1.54, 1.807) is 0 Å². The lowest BCUT2D eigenvalue weighted by Crippen LogP contribution is -1.90. The van der Waals surface area contributed by atoms with Crippen molar-refractivity contribution in [3.05, 3.63) is 54.1 Å². The van der Waals surface area contributed by atoms with Crippen LogP contribution in [0.2, 0.25) is 0 Å². The van der Waals surface area contributed by atoms with E-state index in [1.807, 2.05) is 30.3 Å². The van der Waals surface area contributed by atoms with Crippen molar-refractivity contribution in [1.29, 1.82) is 0 Å². The molecule has 0 unspecified atom stereocenters. The van der Waals surface area contributed by atoms with E-state index in [4.69, 9.17) is 5.73 Å². The smallest absolute Gasteiger partial charge is 0.0393 e. The summed E-state index contributed by atoms with van der Waals surface area (Å²) in [6, 6.07) is 16.2. The molecule has 0 fully saturated rings. The zero-order chi connectivity index (χ0) is 9.97.